The van der Waals surface area contributed by atoms with Crippen molar-refractivity contribution in [3.8, 4) is 17.2 Å². The molecule has 1 saturated heterocycles. The first-order valence-electron chi connectivity index (χ1n) is 12.7. The zero-order chi connectivity index (χ0) is 30.9. The zero-order valence-electron chi connectivity index (χ0n) is 22.0. The Balaban J connectivity index is 1.62. The molecule has 0 spiro atoms. The van der Waals surface area contributed by atoms with Crippen LogP contribution in [0.2, 0.25) is 5.02 Å². The molecule has 2 aliphatic heterocycles. The van der Waals surface area contributed by atoms with Crippen LogP contribution in [-0.4, -0.2) is 104 Å². The van der Waals surface area contributed by atoms with E-state index in [1.807, 2.05) is 0 Å². The quantitative estimate of drug-likeness (QED) is 0.120. The minimum absolute atomic E-state index is 0.0366. The van der Waals surface area contributed by atoms with Gasteiger partial charge in [-0.3, -0.25) is 19.3 Å². The van der Waals surface area contributed by atoms with Gasteiger partial charge in [0.05, 0.1) is 16.5 Å². The number of para-hydroxylation sites is 1. The highest BCUT2D eigenvalue weighted by Gasteiger charge is 2.42. The Hall–Kier alpha value is -4.54. The molecule has 2 aromatic carbocycles. The van der Waals surface area contributed by atoms with Crippen LogP contribution in [0.1, 0.15) is 34.5 Å². The molecule has 15 nitrogen and oxygen atoms in total. The lowest BCUT2D eigenvalue weighted by molar-refractivity contribution is -0.153. The standard InChI is InChI=1S/C25H26BClN4O11/c1-2-30-8-9-31(23(37)22(30)36)25(40)29-17(18(33)12-6-7-14(32)19(34)16(12)27)21(35)28-15-10-11-4-3-5-13(24(38)39)20(11)42-26(15)41/h3-7,15,17-18,32-34,41H,2,8-10H2,1H3,(H,28,35)(H,29,40)(H,38,39)/t15-,17?,18?/m0/s1. The monoisotopic (exact) mass is 604 g/mol. The molecule has 3 atom stereocenters. The van der Waals surface area contributed by atoms with Crippen molar-refractivity contribution in [1.29, 1.82) is 0 Å². The molecule has 2 unspecified atom stereocenters. The number of nitrogens with one attached hydrogen (secondary N) is 2. The largest absolute Gasteiger partial charge is 0.547 e. The first-order valence-corrected chi connectivity index (χ1v) is 13.0. The second-order valence-corrected chi connectivity index (χ2v) is 9.85. The number of amides is 5. The summed E-state index contributed by atoms with van der Waals surface area (Å²) in [6, 6.07) is 3.20. The summed E-state index contributed by atoms with van der Waals surface area (Å²) in [7, 11) is -1.74. The summed E-state index contributed by atoms with van der Waals surface area (Å²) in [5, 5.41) is 55.0. The van der Waals surface area contributed by atoms with Gasteiger partial charge in [-0.05, 0) is 31.0 Å². The van der Waals surface area contributed by atoms with E-state index in [0.717, 1.165) is 12.1 Å². The fraction of sp³-hybridized carbons (Fsp3) is 0.320. The first kappa shape index (κ1) is 30.4. The van der Waals surface area contributed by atoms with Crippen LogP contribution in [0.4, 0.5) is 4.79 Å². The van der Waals surface area contributed by atoms with Crippen molar-refractivity contribution >= 4 is 48.4 Å². The number of imide groups is 1. The summed E-state index contributed by atoms with van der Waals surface area (Å²) in [5.41, 5.74) is -0.153. The fourth-order valence-corrected chi connectivity index (χ4v) is 4.91. The number of urea groups is 1. The van der Waals surface area contributed by atoms with E-state index in [-0.39, 0.29) is 42.9 Å². The molecule has 0 aromatic heterocycles. The van der Waals surface area contributed by atoms with Crippen molar-refractivity contribution in [3.05, 3.63) is 52.0 Å². The van der Waals surface area contributed by atoms with Crippen LogP contribution in [0.25, 0.3) is 0 Å². The molecule has 7 N–H and O–H groups in total. The Morgan fingerprint density at radius 1 is 1.14 bits per heavy atom. The van der Waals surface area contributed by atoms with Crippen molar-refractivity contribution in [2.75, 3.05) is 19.6 Å². The Morgan fingerprint density at radius 3 is 2.52 bits per heavy atom. The molecule has 42 heavy (non-hydrogen) atoms. The van der Waals surface area contributed by atoms with E-state index in [4.69, 9.17) is 16.3 Å². The van der Waals surface area contributed by atoms with E-state index < -0.39 is 71.4 Å². The zero-order valence-corrected chi connectivity index (χ0v) is 22.7. The van der Waals surface area contributed by atoms with Crippen molar-refractivity contribution in [1.82, 2.24) is 20.4 Å². The number of rotatable bonds is 7. The molecule has 2 aliphatic rings. The molecule has 2 aromatic rings. The van der Waals surface area contributed by atoms with Gasteiger partial charge in [-0.2, -0.15) is 0 Å². The maximum atomic E-state index is 13.5. The third kappa shape index (κ3) is 5.77. The van der Waals surface area contributed by atoms with Gasteiger partial charge in [-0.25, -0.2) is 9.59 Å². The number of likely N-dealkylation sites (N-methyl/N-ethyl adjacent to an activating group) is 1. The van der Waals surface area contributed by atoms with Crippen molar-refractivity contribution < 1.29 is 54.1 Å². The topological polar surface area (TPSA) is 226 Å². The minimum atomic E-state index is -1.98. The molecule has 2 heterocycles. The number of fused-ring (bicyclic) bond motifs is 1. The van der Waals surface area contributed by atoms with Gasteiger partial charge >= 0.3 is 30.9 Å². The molecule has 5 amide bonds. The van der Waals surface area contributed by atoms with Crippen LogP contribution in [0.3, 0.4) is 0 Å². The van der Waals surface area contributed by atoms with Gasteiger partial charge in [0.15, 0.2) is 11.5 Å². The van der Waals surface area contributed by atoms with Crippen LogP contribution in [-0.2, 0) is 20.8 Å². The SMILES string of the molecule is CCN1CCN(C(=O)NC(C(=O)N[C@H]2Cc3cccc(C(=O)O)c3OB2O)C(O)c2ccc(O)c(O)c2Cl)C(=O)C1=O. The van der Waals surface area contributed by atoms with Gasteiger partial charge in [0.25, 0.3) is 0 Å². The highest BCUT2D eigenvalue weighted by molar-refractivity contribution is 6.47. The predicted octanol–water partition coefficient (Wildman–Crippen LogP) is -0.609. The lowest BCUT2D eigenvalue weighted by Crippen LogP contribution is -2.62. The van der Waals surface area contributed by atoms with Gasteiger partial charge < -0.3 is 45.6 Å². The average Bonchev–Trinajstić information content (AvgIpc) is 2.95. The number of aromatic hydroxyl groups is 2. The number of carboxylic acid groups (broad SMARTS) is 1. The van der Waals surface area contributed by atoms with Gasteiger partial charge in [0.1, 0.15) is 17.9 Å². The molecule has 0 bridgehead atoms. The number of aromatic carboxylic acids is 1. The number of benzene rings is 2. The lowest BCUT2D eigenvalue weighted by atomic mass is 9.72. The maximum Gasteiger partial charge on any atom is 0.547 e. The van der Waals surface area contributed by atoms with E-state index in [9.17, 15) is 49.4 Å². The summed E-state index contributed by atoms with van der Waals surface area (Å²) >= 11 is 6.08. The number of piperazine rings is 1. The molecular weight excluding hydrogens is 579 g/mol. The number of aliphatic hydroxyl groups excluding tert-OH is 1. The van der Waals surface area contributed by atoms with E-state index in [2.05, 4.69) is 10.6 Å². The predicted molar refractivity (Wildman–Crippen MR) is 144 cm³/mol. The smallest absolute Gasteiger partial charge is 0.534 e. The van der Waals surface area contributed by atoms with Crippen molar-refractivity contribution in [3.63, 3.8) is 0 Å². The third-order valence-electron chi connectivity index (χ3n) is 6.93. The highest BCUT2D eigenvalue weighted by atomic mass is 35.5. The van der Waals surface area contributed by atoms with Crippen LogP contribution in [0.15, 0.2) is 30.3 Å². The molecule has 0 saturated carbocycles. The van der Waals surface area contributed by atoms with Gasteiger partial charge in [-0.1, -0.05) is 29.8 Å². The van der Waals surface area contributed by atoms with Gasteiger partial charge in [0.2, 0.25) is 5.91 Å². The number of phenols is 2. The number of phenolic OH excluding ortho intramolecular Hbond substituents is 2. The Labute approximate surface area is 243 Å². The minimum Gasteiger partial charge on any atom is -0.534 e. The number of halogens is 1. The number of carbonyl (C=O) groups is 5. The molecular formula is C25H26BClN4O11. The average molecular weight is 605 g/mol. The van der Waals surface area contributed by atoms with Gasteiger partial charge in [0, 0.05) is 25.2 Å². The summed E-state index contributed by atoms with van der Waals surface area (Å²) in [4.78, 5) is 64.8. The maximum absolute atomic E-state index is 13.5. The summed E-state index contributed by atoms with van der Waals surface area (Å²) < 4.78 is 5.37. The van der Waals surface area contributed by atoms with Crippen LogP contribution < -0.4 is 15.3 Å². The summed E-state index contributed by atoms with van der Waals surface area (Å²) in [5.74, 6) is -7.21. The second-order valence-electron chi connectivity index (χ2n) is 9.48. The fourth-order valence-electron chi connectivity index (χ4n) is 4.64. The summed E-state index contributed by atoms with van der Waals surface area (Å²) in [6.45, 7) is 1.72. The van der Waals surface area contributed by atoms with Crippen molar-refractivity contribution in [2.45, 2.75) is 31.4 Å². The summed E-state index contributed by atoms with van der Waals surface area (Å²) in [6.07, 6.45) is -2.09. The number of hydrogen-bond acceptors (Lipinski definition) is 10. The number of aliphatic hydroxyl groups is 1. The van der Waals surface area contributed by atoms with Crippen LogP contribution in [0, 0.1) is 0 Å². The Bertz CT molecular complexity index is 1460. The van der Waals surface area contributed by atoms with Crippen molar-refractivity contribution in [2.24, 2.45) is 0 Å². The Kier molecular flexibility index (Phi) is 8.79. The first-order chi connectivity index (χ1) is 19.8. The van der Waals surface area contributed by atoms with E-state index in [1.165, 1.54) is 23.1 Å². The van der Waals surface area contributed by atoms with E-state index in [1.54, 1.807) is 6.92 Å². The van der Waals surface area contributed by atoms with E-state index >= 15 is 0 Å². The molecule has 222 valence electrons. The normalized spacial score (nSPS) is 18.1. The van der Waals surface area contributed by atoms with Crippen LogP contribution >= 0.6 is 11.6 Å². The number of carboxylic acids is 1. The highest BCUT2D eigenvalue weighted by Crippen LogP contribution is 2.39. The van der Waals surface area contributed by atoms with E-state index in [0.29, 0.717) is 10.5 Å². The lowest BCUT2D eigenvalue weighted by Gasteiger charge is -2.34. The molecule has 0 aliphatic carbocycles. The molecule has 17 heteroatoms. The molecule has 0 radical (unpaired) electrons. The van der Waals surface area contributed by atoms with Crippen LogP contribution in [0.5, 0.6) is 17.2 Å². The Morgan fingerprint density at radius 2 is 1.86 bits per heavy atom. The number of hydrogen-bond donors (Lipinski definition) is 7. The molecule has 4 rings (SSSR count). The second kappa shape index (κ2) is 12.1. The van der Waals surface area contributed by atoms with Gasteiger partial charge in [-0.15, -0.1) is 0 Å². The molecule has 1 fully saturated rings. The number of carbonyl (C=O) groups excluding carboxylic acids is 4. The number of nitrogens with zero attached hydrogens (tertiary/aromatic N) is 2. The third-order valence-corrected chi connectivity index (χ3v) is 7.33.